The predicted molar refractivity (Wildman–Crippen MR) is 65.1 cm³/mol. The van der Waals surface area contributed by atoms with E-state index in [0.717, 1.165) is 5.33 Å². The molecular formula is C8H10Br2Cl2. The molecule has 4 heteroatoms. The van der Waals surface area contributed by atoms with Crippen LogP contribution in [0.5, 0.6) is 0 Å². The topological polar surface area (TPSA) is 0 Å². The summed E-state index contributed by atoms with van der Waals surface area (Å²) in [4.78, 5) is 0.0808. The van der Waals surface area contributed by atoms with Crippen LogP contribution in [0, 0.1) is 0 Å². The number of halogens is 4. The van der Waals surface area contributed by atoms with Crippen LogP contribution in [0.2, 0.25) is 0 Å². The first-order valence-electron chi connectivity index (χ1n) is 3.41. The Morgan fingerprint density at radius 2 is 2.00 bits per heavy atom. The fourth-order valence-electron chi connectivity index (χ4n) is 0.593. The molecule has 0 aromatic carbocycles. The third kappa shape index (κ3) is 4.90. The average Bonchev–Trinajstić information content (AvgIpc) is 2.11. The van der Waals surface area contributed by atoms with Crippen molar-refractivity contribution < 1.29 is 0 Å². The van der Waals surface area contributed by atoms with Gasteiger partial charge in [-0.2, -0.15) is 0 Å². The van der Waals surface area contributed by atoms with Crippen molar-refractivity contribution in [1.82, 2.24) is 0 Å². The molecule has 0 amide bonds. The van der Waals surface area contributed by atoms with E-state index >= 15 is 0 Å². The molecule has 0 spiro atoms. The Labute approximate surface area is 100 Å². The van der Waals surface area contributed by atoms with Gasteiger partial charge in [0.15, 0.2) is 0 Å². The number of allylic oxidation sites excluding steroid dienone is 3. The molecule has 0 rings (SSSR count). The van der Waals surface area contributed by atoms with Gasteiger partial charge in [0, 0.05) is 5.33 Å². The van der Waals surface area contributed by atoms with Crippen LogP contribution in [0.15, 0.2) is 24.8 Å². The molecule has 70 valence electrons. The summed E-state index contributed by atoms with van der Waals surface area (Å²) < 4.78 is 0. The van der Waals surface area contributed by atoms with Gasteiger partial charge < -0.3 is 0 Å². The molecule has 0 saturated heterocycles. The van der Waals surface area contributed by atoms with Crippen LogP contribution in [0.3, 0.4) is 0 Å². The van der Waals surface area contributed by atoms with E-state index in [0.29, 0.717) is 0 Å². The lowest BCUT2D eigenvalue weighted by Gasteiger charge is -2.15. The maximum absolute atomic E-state index is 6.00. The lowest BCUT2D eigenvalue weighted by Crippen LogP contribution is -2.21. The lowest BCUT2D eigenvalue weighted by atomic mass is 10.2. The Morgan fingerprint density at radius 3 is 2.42 bits per heavy atom. The van der Waals surface area contributed by atoms with Gasteiger partial charge in [0.05, 0.1) is 15.6 Å². The van der Waals surface area contributed by atoms with Gasteiger partial charge in [-0.15, -0.1) is 29.8 Å². The zero-order valence-electron chi connectivity index (χ0n) is 6.39. The summed E-state index contributed by atoms with van der Waals surface area (Å²) in [5, 5.41) is 0.440. The third-order valence-electron chi connectivity index (χ3n) is 1.24. The van der Waals surface area contributed by atoms with Crippen molar-refractivity contribution >= 4 is 55.1 Å². The Balaban J connectivity index is 3.99. The van der Waals surface area contributed by atoms with Gasteiger partial charge in [0.1, 0.15) is 0 Å². The lowest BCUT2D eigenvalue weighted by molar-refractivity contribution is 0.912. The van der Waals surface area contributed by atoms with E-state index in [1.807, 2.05) is 12.2 Å². The monoisotopic (exact) mass is 334 g/mol. The summed E-state index contributed by atoms with van der Waals surface area (Å²) in [7, 11) is 0. The first-order valence-corrected chi connectivity index (χ1v) is 6.32. The normalized spacial score (nSPS) is 19.0. The van der Waals surface area contributed by atoms with Gasteiger partial charge in [-0.05, 0) is 0 Å². The maximum Gasteiger partial charge on any atom is 0.0694 e. The van der Waals surface area contributed by atoms with E-state index in [1.54, 1.807) is 6.08 Å². The van der Waals surface area contributed by atoms with E-state index < -0.39 is 0 Å². The highest BCUT2D eigenvalue weighted by Gasteiger charge is 2.19. The molecule has 3 atom stereocenters. The van der Waals surface area contributed by atoms with Crippen molar-refractivity contribution in [3.05, 3.63) is 24.8 Å². The number of hydrogen-bond donors (Lipinski definition) is 0. The van der Waals surface area contributed by atoms with Crippen molar-refractivity contribution in [1.29, 1.82) is 0 Å². The molecule has 0 nitrogen and oxygen atoms in total. The minimum absolute atomic E-state index is 0.0808. The van der Waals surface area contributed by atoms with Crippen molar-refractivity contribution in [2.75, 3.05) is 5.33 Å². The van der Waals surface area contributed by atoms with Crippen LogP contribution >= 0.6 is 55.1 Å². The summed E-state index contributed by atoms with van der Waals surface area (Å²) in [5.41, 5.74) is 0. The van der Waals surface area contributed by atoms with Crippen molar-refractivity contribution in [2.45, 2.75) is 15.6 Å². The second-order valence-electron chi connectivity index (χ2n) is 2.15. The van der Waals surface area contributed by atoms with Gasteiger partial charge in [-0.3, -0.25) is 0 Å². The highest BCUT2D eigenvalue weighted by atomic mass is 79.9. The zero-order valence-corrected chi connectivity index (χ0v) is 11.1. The second kappa shape index (κ2) is 7.43. The summed E-state index contributed by atoms with van der Waals surface area (Å²) in [6.45, 7) is 3.57. The van der Waals surface area contributed by atoms with Gasteiger partial charge in [-0.25, -0.2) is 0 Å². The molecule has 0 fully saturated rings. The van der Waals surface area contributed by atoms with Gasteiger partial charge >= 0.3 is 0 Å². The van der Waals surface area contributed by atoms with E-state index in [1.165, 1.54) is 0 Å². The molecule has 0 saturated carbocycles. The Bertz CT molecular complexity index is 159. The molecule has 0 bridgehead atoms. The molecule has 12 heavy (non-hydrogen) atoms. The molecule has 0 aliphatic carbocycles. The molecule has 0 aromatic heterocycles. The van der Waals surface area contributed by atoms with Gasteiger partial charge in [0.25, 0.3) is 0 Å². The van der Waals surface area contributed by atoms with E-state index in [-0.39, 0.29) is 15.6 Å². The van der Waals surface area contributed by atoms with Crippen LogP contribution in [-0.4, -0.2) is 20.9 Å². The largest absolute Gasteiger partial charge is 0.119 e. The summed E-state index contributed by atoms with van der Waals surface area (Å²) in [6.07, 6.45) is 5.57. The molecule has 0 aromatic rings. The van der Waals surface area contributed by atoms with Crippen LogP contribution in [0.1, 0.15) is 0 Å². The zero-order chi connectivity index (χ0) is 9.56. The van der Waals surface area contributed by atoms with Crippen molar-refractivity contribution in [3.63, 3.8) is 0 Å². The van der Waals surface area contributed by atoms with Crippen LogP contribution in [0.25, 0.3) is 0 Å². The SMILES string of the molecule is C=CC(Cl)C(Cl)C(Br)C=CCBr. The number of alkyl halides is 4. The van der Waals surface area contributed by atoms with Crippen molar-refractivity contribution in [3.8, 4) is 0 Å². The fraction of sp³-hybridized carbons (Fsp3) is 0.500. The van der Waals surface area contributed by atoms with Crippen molar-refractivity contribution in [2.24, 2.45) is 0 Å². The minimum atomic E-state index is -0.212. The highest BCUT2D eigenvalue weighted by Crippen LogP contribution is 2.21. The highest BCUT2D eigenvalue weighted by molar-refractivity contribution is 9.09. The maximum atomic E-state index is 6.00. The summed E-state index contributed by atoms with van der Waals surface area (Å²) >= 11 is 18.6. The standard InChI is InChI=1S/C8H10Br2Cl2/c1-2-7(11)8(12)6(10)4-3-5-9/h2-4,6-8H,1,5H2. The number of hydrogen-bond acceptors (Lipinski definition) is 0. The predicted octanol–water partition coefficient (Wildman–Crippen LogP) is 4.10. The van der Waals surface area contributed by atoms with Gasteiger partial charge in [-0.1, -0.05) is 50.1 Å². The Kier molecular flexibility index (Phi) is 8.06. The van der Waals surface area contributed by atoms with E-state index in [9.17, 15) is 0 Å². The first kappa shape index (κ1) is 13.0. The van der Waals surface area contributed by atoms with Crippen LogP contribution in [-0.2, 0) is 0 Å². The quantitative estimate of drug-likeness (QED) is 0.523. The molecular weight excluding hydrogens is 327 g/mol. The molecule has 0 aliphatic heterocycles. The van der Waals surface area contributed by atoms with Crippen LogP contribution in [0.4, 0.5) is 0 Å². The third-order valence-corrected chi connectivity index (χ3v) is 3.92. The second-order valence-corrected chi connectivity index (χ2v) is 4.86. The average molecular weight is 337 g/mol. The minimum Gasteiger partial charge on any atom is -0.119 e. The Morgan fingerprint density at radius 1 is 1.42 bits per heavy atom. The van der Waals surface area contributed by atoms with Gasteiger partial charge in [0.2, 0.25) is 0 Å². The van der Waals surface area contributed by atoms with E-state index in [4.69, 9.17) is 23.2 Å². The molecule has 0 N–H and O–H groups in total. The Hall–Kier alpha value is 1.02. The summed E-state index contributed by atoms with van der Waals surface area (Å²) in [6, 6.07) is 0. The van der Waals surface area contributed by atoms with E-state index in [2.05, 4.69) is 38.4 Å². The fourth-order valence-corrected chi connectivity index (χ4v) is 1.87. The number of rotatable bonds is 5. The first-order chi connectivity index (χ1) is 5.63. The molecule has 0 aliphatic rings. The molecule has 0 radical (unpaired) electrons. The summed E-state index contributed by atoms with van der Waals surface area (Å²) in [5.74, 6) is 0. The molecule has 3 unspecified atom stereocenters. The van der Waals surface area contributed by atoms with Crippen LogP contribution < -0.4 is 0 Å². The molecule has 0 heterocycles. The smallest absolute Gasteiger partial charge is 0.0694 e.